The minimum atomic E-state index is 0.472. The quantitative estimate of drug-likeness (QED) is 0.702. The van der Waals surface area contributed by atoms with Gasteiger partial charge in [-0.25, -0.2) is 4.99 Å². The summed E-state index contributed by atoms with van der Waals surface area (Å²) in [6, 6.07) is 7.61. The summed E-state index contributed by atoms with van der Waals surface area (Å²) in [6.45, 7) is 0. The molecule has 1 aromatic rings. The van der Waals surface area contributed by atoms with Gasteiger partial charge in [-0.2, -0.15) is 0 Å². The lowest BCUT2D eigenvalue weighted by Crippen LogP contribution is -2.10. The molecule has 3 rings (SSSR count). The average molecular weight is 200 g/mol. The Morgan fingerprint density at radius 2 is 2.27 bits per heavy atom. The number of hydrogen-bond acceptors (Lipinski definition) is 4. The fourth-order valence-corrected chi connectivity index (χ4v) is 1.66. The van der Waals surface area contributed by atoms with Crippen LogP contribution >= 0.6 is 0 Å². The molecule has 74 valence electrons. The number of aldehydes is 1. The SMILES string of the molecule is O=CC1=NC2=C(C1)Oc1ccccc1N2. The van der Waals surface area contributed by atoms with E-state index in [9.17, 15) is 4.79 Å². The number of rotatable bonds is 1. The molecule has 2 aliphatic rings. The lowest BCUT2D eigenvalue weighted by Gasteiger charge is -2.18. The Kier molecular flexibility index (Phi) is 1.62. The van der Waals surface area contributed by atoms with Crippen LogP contribution in [0.15, 0.2) is 40.8 Å². The van der Waals surface area contributed by atoms with Crippen molar-refractivity contribution < 1.29 is 9.53 Å². The second kappa shape index (κ2) is 2.95. The number of ether oxygens (including phenoxy) is 1. The van der Waals surface area contributed by atoms with E-state index in [1.54, 1.807) is 0 Å². The number of anilines is 1. The first-order chi connectivity index (χ1) is 7.36. The Hall–Kier alpha value is -2.10. The highest BCUT2D eigenvalue weighted by atomic mass is 16.5. The van der Waals surface area contributed by atoms with Gasteiger partial charge in [-0.3, -0.25) is 4.79 Å². The highest BCUT2D eigenvalue weighted by molar-refractivity contribution is 6.30. The van der Waals surface area contributed by atoms with Crippen molar-refractivity contribution in [1.82, 2.24) is 0 Å². The fraction of sp³-hybridized carbons (Fsp3) is 0.0909. The second-order valence-corrected chi connectivity index (χ2v) is 3.39. The number of nitrogens with zero attached hydrogens (tertiary/aromatic N) is 1. The molecule has 15 heavy (non-hydrogen) atoms. The number of carbonyl (C=O) groups is 1. The van der Waals surface area contributed by atoms with Crippen molar-refractivity contribution in [3.05, 3.63) is 35.8 Å². The van der Waals surface area contributed by atoms with E-state index in [1.165, 1.54) is 0 Å². The predicted molar refractivity (Wildman–Crippen MR) is 55.8 cm³/mol. The standard InChI is InChI=1S/C11H8N2O2/c14-6-7-5-10-11(12-7)13-8-3-1-2-4-9(8)15-10/h1-4,6,13H,5H2. The third-order valence-corrected chi connectivity index (χ3v) is 2.37. The molecule has 0 spiro atoms. The van der Waals surface area contributed by atoms with E-state index < -0.39 is 0 Å². The molecule has 0 bridgehead atoms. The summed E-state index contributed by atoms with van der Waals surface area (Å²) >= 11 is 0. The molecule has 2 heterocycles. The van der Waals surface area contributed by atoms with Gasteiger partial charge in [0.05, 0.1) is 17.8 Å². The first-order valence-corrected chi connectivity index (χ1v) is 4.66. The van der Waals surface area contributed by atoms with Gasteiger partial charge >= 0.3 is 0 Å². The van der Waals surface area contributed by atoms with Gasteiger partial charge in [-0.05, 0) is 12.1 Å². The fourth-order valence-electron chi connectivity index (χ4n) is 1.66. The predicted octanol–water partition coefficient (Wildman–Crippen LogP) is 1.70. The molecule has 0 radical (unpaired) electrons. The zero-order chi connectivity index (χ0) is 10.3. The zero-order valence-electron chi connectivity index (χ0n) is 7.86. The Balaban J connectivity index is 1.97. The average Bonchev–Trinajstić information content (AvgIpc) is 2.67. The summed E-state index contributed by atoms with van der Waals surface area (Å²) < 4.78 is 5.63. The lowest BCUT2D eigenvalue weighted by molar-refractivity contribution is -0.102. The normalized spacial score (nSPS) is 17.2. The van der Waals surface area contributed by atoms with Crippen LogP contribution in [0.5, 0.6) is 5.75 Å². The molecule has 1 N–H and O–H groups in total. The van der Waals surface area contributed by atoms with E-state index in [2.05, 4.69) is 10.3 Å². The van der Waals surface area contributed by atoms with Gasteiger partial charge in [0.1, 0.15) is 0 Å². The number of carbonyl (C=O) groups excluding carboxylic acids is 1. The van der Waals surface area contributed by atoms with Gasteiger partial charge in [-0.15, -0.1) is 0 Å². The lowest BCUT2D eigenvalue weighted by atomic mass is 10.2. The maximum Gasteiger partial charge on any atom is 0.170 e. The van der Waals surface area contributed by atoms with Crippen LogP contribution in [0.25, 0.3) is 0 Å². The molecule has 2 aliphatic heterocycles. The van der Waals surface area contributed by atoms with Gasteiger partial charge < -0.3 is 10.1 Å². The number of aliphatic imine (C=N–C) groups is 1. The maximum atomic E-state index is 10.6. The summed E-state index contributed by atoms with van der Waals surface area (Å²) in [5.74, 6) is 2.14. The summed E-state index contributed by atoms with van der Waals surface area (Å²) in [5, 5.41) is 3.13. The van der Waals surface area contributed by atoms with Crippen LogP contribution < -0.4 is 10.1 Å². The van der Waals surface area contributed by atoms with E-state index in [4.69, 9.17) is 4.74 Å². The van der Waals surface area contributed by atoms with Crippen LogP contribution in [0.1, 0.15) is 6.42 Å². The van der Waals surface area contributed by atoms with E-state index in [0.29, 0.717) is 18.0 Å². The number of nitrogens with one attached hydrogen (secondary N) is 1. The Labute approximate surface area is 86.3 Å². The van der Waals surface area contributed by atoms with Gasteiger partial charge in [0, 0.05) is 0 Å². The number of para-hydroxylation sites is 2. The van der Waals surface area contributed by atoms with Crippen LogP contribution in [0.4, 0.5) is 5.69 Å². The summed E-state index contributed by atoms with van der Waals surface area (Å²) in [6.07, 6.45) is 1.23. The summed E-state index contributed by atoms with van der Waals surface area (Å²) in [4.78, 5) is 14.7. The molecule has 0 amide bonds. The van der Waals surface area contributed by atoms with Crippen LogP contribution in [0.3, 0.4) is 0 Å². The Bertz CT molecular complexity index is 503. The molecule has 1 aromatic carbocycles. The first-order valence-electron chi connectivity index (χ1n) is 4.66. The van der Waals surface area contributed by atoms with Gasteiger partial charge in [0.15, 0.2) is 23.6 Å². The minimum Gasteiger partial charge on any atom is -0.455 e. The molecule has 4 heteroatoms. The van der Waals surface area contributed by atoms with Crippen LogP contribution in [-0.4, -0.2) is 12.0 Å². The second-order valence-electron chi connectivity index (χ2n) is 3.39. The van der Waals surface area contributed by atoms with Crippen molar-refractivity contribution in [2.75, 3.05) is 5.32 Å². The monoisotopic (exact) mass is 200 g/mol. The molecule has 4 nitrogen and oxygen atoms in total. The number of hydrogen-bond donors (Lipinski definition) is 1. The molecule has 0 atom stereocenters. The summed E-state index contributed by atoms with van der Waals surface area (Å²) in [7, 11) is 0. The molecule has 0 aromatic heterocycles. The van der Waals surface area contributed by atoms with Gasteiger partial charge in [0.2, 0.25) is 0 Å². The molecule has 0 unspecified atom stereocenters. The van der Waals surface area contributed by atoms with Gasteiger partial charge in [-0.1, -0.05) is 12.1 Å². The van der Waals surface area contributed by atoms with Gasteiger partial charge in [0.25, 0.3) is 0 Å². The molecular formula is C11H8N2O2. The van der Waals surface area contributed by atoms with Crippen molar-refractivity contribution in [3.63, 3.8) is 0 Å². The number of benzene rings is 1. The van der Waals surface area contributed by atoms with Crippen LogP contribution in [-0.2, 0) is 4.79 Å². The Morgan fingerprint density at radius 3 is 3.13 bits per heavy atom. The van der Waals surface area contributed by atoms with E-state index in [1.807, 2.05) is 24.3 Å². The third kappa shape index (κ3) is 1.22. The van der Waals surface area contributed by atoms with E-state index >= 15 is 0 Å². The number of fused-ring (bicyclic) bond motifs is 1. The molecule has 0 fully saturated rings. The topological polar surface area (TPSA) is 50.7 Å². The highest BCUT2D eigenvalue weighted by Gasteiger charge is 2.24. The van der Waals surface area contributed by atoms with Crippen molar-refractivity contribution in [2.45, 2.75) is 6.42 Å². The van der Waals surface area contributed by atoms with Crippen molar-refractivity contribution in [2.24, 2.45) is 4.99 Å². The minimum absolute atomic E-state index is 0.472. The largest absolute Gasteiger partial charge is 0.455 e. The van der Waals surface area contributed by atoms with Crippen LogP contribution in [0, 0.1) is 0 Å². The molecule has 0 saturated carbocycles. The zero-order valence-corrected chi connectivity index (χ0v) is 7.86. The maximum absolute atomic E-state index is 10.6. The molecular weight excluding hydrogens is 192 g/mol. The van der Waals surface area contributed by atoms with E-state index in [0.717, 1.165) is 23.5 Å². The van der Waals surface area contributed by atoms with E-state index in [-0.39, 0.29) is 0 Å². The Morgan fingerprint density at radius 1 is 1.40 bits per heavy atom. The van der Waals surface area contributed by atoms with Crippen molar-refractivity contribution in [1.29, 1.82) is 0 Å². The van der Waals surface area contributed by atoms with Crippen LogP contribution in [0.2, 0.25) is 0 Å². The summed E-state index contributed by atoms with van der Waals surface area (Å²) in [5.41, 5.74) is 1.38. The first kappa shape index (κ1) is 8.23. The number of allylic oxidation sites excluding steroid dienone is 1. The van der Waals surface area contributed by atoms with Crippen molar-refractivity contribution in [3.8, 4) is 5.75 Å². The molecule has 0 aliphatic carbocycles. The molecule has 0 saturated heterocycles. The van der Waals surface area contributed by atoms with Crippen molar-refractivity contribution >= 4 is 17.7 Å². The highest BCUT2D eigenvalue weighted by Crippen LogP contribution is 2.35. The third-order valence-electron chi connectivity index (χ3n) is 2.37. The smallest absolute Gasteiger partial charge is 0.170 e.